The van der Waals surface area contributed by atoms with Crippen LogP contribution >= 0.6 is 0 Å². The van der Waals surface area contributed by atoms with Crippen LogP contribution in [0.2, 0.25) is 0 Å². The molecule has 2 rings (SSSR count). The van der Waals surface area contributed by atoms with Crippen molar-refractivity contribution in [1.82, 2.24) is 0 Å². The summed E-state index contributed by atoms with van der Waals surface area (Å²) in [6.45, 7) is 4.37. The van der Waals surface area contributed by atoms with Crippen molar-refractivity contribution in [3.63, 3.8) is 0 Å². The molecular formula is C18H18O4Zn. The third-order valence-corrected chi connectivity index (χ3v) is 2.41. The average Bonchev–Trinajstić information content (AvgIpc) is 2.57. The number of carbonyl (C=O) groups is 2. The minimum Gasteiger partial charge on any atom is -0.506 e. The molecule has 0 fully saturated rings. The van der Waals surface area contributed by atoms with E-state index in [0.29, 0.717) is 24.3 Å². The number of carbonyl (C=O) groups excluding carboxylic acids is 2. The van der Waals surface area contributed by atoms with Gasteiger partial charge in [-0.15, -0.1) is 60.7 Å². The van der Waals surface area contributed by atoms with Gasteiger partial charge in [-0.1, -0.05) is 11.1 Å². The van der Waals surface area contributed by atoms with Gasteiger partial charge in [0.25, 0.3) is 0 Å². The summed E-state index contributed by atoms with van der Waals surface area (Å²) in [5, 5.41) is 0. The first kappa shape index (κ1) is 21.0. The number of ether oxygens (including phenoxy) is 2. The maximum Gasteiger partial charge on any atom is 2.00 e. The normalized spacial score (nSPS) is 8.78. The molecule has 2 aromatic rings. The molecule has 0 aliphatic rings. The fourth-order valence-corrected chi connectivity index (χ4v) is 1.46. The quantitative estimate of drug-likeness (QED) is 0.475. The second kappa shape index (κ2) is 12.5. The zero-order chi connectivity index (χ0) is 16.2. The van der Waals surface area contributed by atoms with E-state index in [9.17, 15) is 9.59 Å². The molecule has 23 heavy (non-hydrogen) atoms. The van der Waals surface area contributed by atoms with Crippen LogP contribution in [0.1, 0.15) is 34.6 Å². The monoisotopic (exact) mass is 362 g/mol. The molecule has 0 atom stereocenters. The van der Waals surface area contributed by atoms with Crippen LogP contribution in [0, 0.1) is 12.1 Å². The van der Waals surface area contributed by atoms with Gasteiger partial charge in [-0.25, -0.2) is 0 Å². The van der Waals surface area contributed by atoms with Crippen LogP contribution in [0.3, 0.4) is 0 Å². The van der Waals surface area contributed by atoms with E-state index < -0.39 is 0 Å². The molecule has 4 nitrogen and oxygen atoms in total. The molecule has 2 aromatic carbocycles. The van der Waals surface area contributed by atoms with E-state index in [1.54, 1.807) is 50.2 Å². The number of hydrogen-bond acceptors (Lipinski definition) is 4. The van der Waals surface area contributed by atoms with Crippen molar-refractivity contribution >= 4 is 11.9 Å². The van der Waals surface area contributed by atoms with Crippen molar-refractivity contribution in [2.24, 2.45) is 0 Å². The van der Waals surface area contributed by atoms with Gasteiger partial charge in [0.1, 0.15) is 0 Å². The topological polar surface area (TPSA) is 52.6 Å². The Morgan fingerprint density at radius 1 is 0.826 bits per heavy atom. The van der Waals surface area contributed by atoms with E-state index in [-0.39, 0.29) is 31.4 Å². The van der Waals surface area contributed by atoms with Crippen LogP contribution in [0.25, 0.3) is 0 Å². The molecule has 116 valence electrons. The van der Waals surface area contributed by atoms with Gasteiger partial charge in [0.05, 0.1) is 13.2 Å². The number of hydrogen-bond donors (Lipinski definition) is 0. The summed E-state index contributed by atoms with van der Waals surface area (Å²) < 4.78 is 9.52. The summed E-state index contributed by atoms with van der Waals surface area (Å²) in [5.41, 5.74) is 0.962. The maximum atomic E-state index is 11.0. The molecule has 0 spiro atoms. The molecule has 0 aliphatic carbocycles. The summed E-state index contributed by atoms with van der Waals surface area (Å²) in [7, 11) is 0. The SMILES string of the molecule is CCOC(=O)c1[c-]cccc1.CCOC(=O)c1[c-]cccc1.[Zn+2]. The predicted molar refractivity (Wildman–Crippen MR) is 82.5 cm³/mol. The van der Waals surface area contributed by atoms with Gasteiger partial charge in [0, 0.05) is 0 Å². The first-order chi connectivity index (χ1) is 10.7. The first-order valence-electron chi connectivity index (χ1n) is 6.96. The molecular weight excluding hydrogens is 346 g/mol. The van der Waals surface area contributed by atoms with Gasteiger partial charge in [-0.2, -0.15) is 0 Å². The standard InChI is InChI=1S/2C9H9O2.Zn/c2*1-2-11-9(10)8-6-4-3-5-7-8;/h2*3-6H,2H2,1H3;/q2*-1;+2. The minimum absolute atomic E-state index is 0. The third-order valence-electron chi connectivity index (χ3n) is 2.41. The Morgan fingerprint density at radius 2 is 1.22 bits per heavy atom. The molecule has 0 aliphatic heterocycles. The molecule has 0 N–H and O–H groups in total. The molecule has 0 aromatic heterocycles. The van der Waals surface area contributed by atoms with Gasteiger partial charge in [0.2, 0.25) is 11.9 Å². The summed E-state index contributed by atoms with van der Waals surface area (Å²) in [6, 6.07) is 19.5. The zero-order valence-electron chi connectivity index (χ0n) is 13.4. The third kappa shape index (κ3) is 8.27. The first-order valence-corrected chi connectivity index (χ1v) is 6.96. The second-order valence-corrected chi connectivity index (χ2v) is 3.99. The van der Waals surface area contributed by atoms with E-state index in [4.69, 9.17) is 9.47 Å². The van der Waals surface area contributed by atoms with Crippen molar-refractivity contribution in [2.75, 3.05) is 13.2 Å². The van der Waals surface area contributed by atoms with Crippen LogP contribution in [0.15, 0.2) is 48.5 Å². The van der Waals surface area contributed by atoms with E-state index in [0.717, 1.165) is 0 Å². The number of rotatable bonds is 4. The second-order valence-electron chi connectivity index (χ2n) is 3.99. The molecule has 0 amide bonds. The summed E-state index contributed by atoms with van der Waals surface area (Å²) >= 11 is 0. The number of esters is 2. The smallest absolute Gasteiger partial charge is 0.506 e. The summed E-state index contributed by atoms with van der Waals surface area (Å²) in [6.07, 6.45) is 0. The molecule has 5 heteroatoms. The summed E-state index contributed by atoms with van der Waals surface area (Å²) in [4.78, 5) is 22.0. The predicted octanol–water partition coefficient (Wildman–Crippen LogP) is 3.32. The Morgan fingerprint density at radius 3 is 1.48 bits per heavy atom. The Hall–Kier alpha value is -2.00. The molecule has 0 saturated carbocycles. The van der Waals surface area contributed by atoms with Crippen molar-refractivity contribution in [3.8, 4) is 0 Å². The fraction of sp³-hybridized carbons (Fsp3) is 0.222. The zero-order valence-corrected chi connectivity index (χ0v) is 16.3. The van der Waals surface area contributed by atoms with E-state index in [1.165, 1.54) is 0 Å². The van der Waals surface area contributed by atoms with Gasteiger partial charge < -0.3 is 19.1 Å². The Bertz CT molecular complexity index is 517. The average molecular weight is 364 g/mol. The Kier molecular flexibility index (Phi) is 11.4. The van der Waals surface area contributed by atoms with E-state index >= 15 is 0 Å². The van der Waals surface area contributed by atoms with Crippen LogP contribution < -0.4 is 0 Å². The van der Waals surface area contributed by atoms with Crippen LogP contribution in [-0.4, -0.2) is 25.2 Å². The van der Waals surface area contributed by atoms with Gasteiger partial charge in [-0.05, 0) is 13.8 Å². The molecule has 0 unspecified atom stereocenters. The van der Waals surface area contributed by atoms with Crippen LogP contribution in [-0.2, 0) is 29.0 Å². The van der Waals surface area contributed by atoms with Crippen molar-refractivity contribution in [1.29, 1.82) is 0 Å². The summed E-state index contributed by atoms with van der Waals surface area (Å²) in [5.74, 6) is -0.624. The molecule has 0 radical (unpaired) electrons. The largest absolute Gasteiger partial charge is 2.00 e. The number of benzene rings is 2. The van der Waals surface area contributed by atoms with Gasteiger partial charge in [-0.3, -0.25) is 0 Å². The van der Waals surface area contributed by atoms with Crippen molar-refractivity contribution < 1.29 is 38.5 Å². The van der Waals surface area contributed by atoms with Crippen molar-refractivity contribution in [3.05, 3.63) is 71.8 Å². The van der Waals surface area contributed by atoms with Crippen LogP contribution in [0.5, 0.6) is 0 Å². The van der Waals surface area contributed by atoms with Crippen LogP contribution in [0.4, 0.5) is 0 Å². The Labute approximate surface area is 149 Å². The minimum atomic E-state index is -0.312. The molecule has 0 heterocycles. The van der Waals surface area contributed by atoms with E-state index in [2.05, 4.69) is 12.1 Å². The molecule has 0 bridgehead atoms. The fourth-order valence-electron chi connectivity index (χ4n) is 1.46. The Balaban J connectivity index is 0.000000403. The maximum absolute atomic E-state index is 11.0. The molecule has 0 saturated heterocycles. The van der Waals surface area contributed by atoms with E-state index in [1.807, 2.05) is 12.1 Å². The van der Waals surface area contributed by atoms with Gasteiger partial charge in [0.15, 0.2) is 0 Å². The van der Waals surface area contributed by atoms with Gasteiger partial charge >= 0.3 is 19.5 Å². The van der Waals surface area contributed by atoms with Crippen molar-refractivity contribution in [2.45, 2.75) is 13.8 Å².